The molecule has 1 aromatic carbocycles. The summed E-state index contributed by atoms with van der Waals surface area (Å²) in [6, 6.07) is 6.14. The van der Waals surface area contributed by atoms with Gasteiger partial charge in [0.2, 0.25) is 0 Å². The van der Waals surface area contributed by atoms with Gasteiger partial charge in [-0.05, 0) is 49.0 Å². The molecule has 1 aliphatic rings. The first-order valence-electron chi connectivity index (χ1n) is 6.53. The lowest BCUT2D eigenvalue weighted by molar-refractivity contribution is 0.171. The standard InChI is InChI=1S/C14H22N2O2/c1-10(12(8-15)9-16)6-11-2-3-13-14(7-11)18-5-4-17-13/h2-3,7,10,12H,4-6,8-9,15-16H2,1H3. The zero-order chi connectivity index (χ0) is 13.0. The van der Waals surface area contributed by atoms with Crippen LogP contribution in [-0.4, -0.2) is 26.3 Å². The highest BCUT2D eigenvalue weighted by atomic mass is 16.6. The van der Waals surface area contributed by atoms with Crippen LogP contribution < -0.4 is 20.9 Å². The van der Waals surface area contributed by atoms with Crippen molar-refractivity contribution in [2.45, 2.75) is 13.3 Å². The lowest BCUT2D eigenvalue weighted by atomic mass is 9.88. The molecule has 0 spiro atoms. The van der Waals surface area contributed by atoms with Gasteiger partial charge in [0.25, 0.3) is 0 Å². The fourth-order valence-corrected chi connectivity index (χ4v) is 2.31. The van der Waals surface area contributed by atoms with Gasteiger partial charge in [0.05, 0.1) is 0 Å². The van der Waals surface area contributed by atoms with E-state index in [2.05, 4.69) is 19.1 Å². The molecule has 4 N–H and O–H groups in total. The molecule has 4 nitrogen and oxygen atoms in total. The van der Waals surface area contributed by atoms with Crippen LogP contribution in [0.4, 0.5) is 0 Å². The number of ether oxygens (including phenoxy) is 2. The van der Waals surface area contributed by atoms with E-state index in [0.717, 1.165) is 17.9 Å². The number of hydrogen-bond donors (Lipinski definition) is 2. The predicted octanol–water partition coefficient (Wildman–Crippen LogP) is 1.17. The molecular formula is C14H22N2O2. The molecule has 1 atom stereocenters. The van der Waals surface area contributed by atoms with Crippen molar-refractivity contribution in [1.29, 1.82) is 0 Å². The second kappa shape index (κ2) is 6.07. The maximum atomic E-state index is 5.72. The first kappa shape index (κ1) is 13.2. The third-order valence-electron chi connectivity index (χ3n) is 3.57. The van der Waals surface area contributed by atoms with Crippen molar-refractivity contribution >= 4 is 0 Å². The van der Waals surface area contributed by atoms with E-state index < -0.39 is 0 Å². The summed E-state index contributed by atoms with van der Waals surface area (Å²) in [5.41, 5.74) is 12.7. The monoisotopic (exact) mass is 250 g/mol. The van der Waals surface area contributed by atoms with Gasteiger partial charge in [-0.15, -0.1) is 0 Å². The Morgan fingerprint density at radius 3 is 2.44 bits per heavy atom. The summed E-state index contributed by atoms with van der Waals surface area (Å²) >= 11 is 0. The minimum absolute atomic E-state index is 0.373. The summed E-state index contributed by atoms with van der Waals surface area (Å²) < 4.78 is 11.1. The van der Waals surface area contributed by atoms with E-state index in [0.29, 0.717) is 38.1 Å². The molecule has 4 heteroatoms. The van der Waals surface area contributed by atoms with Crippen LogP contribution in [0.3, 0.4) is 0 Å². The number of benzene rings is 1. The van der Waals surface area contributed by atoms with Gasteiger partial charge >= 0.3 is 0 Å². The Hall–Kier alpha value is -1.26. The molecular weight excluding hydrogens is 228 g/mol. The first-order valence-corrected chi connectivity index (χ1v) is 6.53. The molecule has 1 aliphatic heterocycles. The van der Waals surface area contributed by atoms with Crippen LogP contribution in [0.5, 0.6) is 11.5 Å². The predicted molar refractivity (Wildman–Crippen MR) is 71.9 cm³/mol. The molecule has 0 bridgehead atoms. The third kappa shape index (κ3) is 2.94. The van der Waals surface area contributed by atoms with Gasteiger partial charge in [-0.2, -0.15) is 0 Å². The van der Waals surface area contributed by atoms with Gasteiger partial charge in [-0.3, -0.25) is 0 Å². The van der Waals surface area contributed by atoms with Crippen molar-refractivity contribution in [2.75, 3.05) is 26.3 Å². The fraction of sp³-hybridized carbons (Fsp3) is 0.571. The van der Waals surface area contributed by atoms with E-state index in [-0.39, 0.29) is 0 Å². The van der Waals surface area contributed by atoms with Crippen LogP contribution in [-0.2, 0) is 6.42 Å². The molecule has 0 amide bonds. The highest BCUT2D eigenvalue weighted by Gasteiger charge is 2.17. The molecule has 1 unspecified atom stereocenters. The van der Waals surface area contributed by atoms with E-state index in [9.17, 15) is 0 Å². The minimum Gasteiger partial charge on any atom is -0.486 e. The Morgan fingerprint density at radius 2 is 1.78 bits per heavy atom. The molecule has 18 heavy (non-hydrogen) atoms. The Labute approximate surface area is 108 Å². The topological polar surface area (TPSA) is 70.5 Å². The number of nitrogens with two attached hydrogens (primary N) is 2. The maximum absolute atomic E-state index is 5.72. The molecule has 0 radical (unpaired) electrons. The van der Waals surface area contributed by atoms with Crippen molar-refractivity contribution in [3.05, 3.63) is 23.8 Å². The van der Waals surface area contributed by atoms with Gasteiger partial charge in [-0.25, -0.2) is 0 Å². The summed E-state index contributed by atoms with van der Waals surface area (Å²) in [7, 11) is 0. The van der Waals surface area contributed by atoms with Crippen LogP contribution in [0.2, 0.25) is 0 Å². The van der Waals surface area contributed by atoms with Crippen LogP contribution in [0.25, 0.3) is 0 Å². The van der Waals surface area contributed by atoms with Gasteiger partial charge in [0, 0.05) is 0 Å². The Bertz CT molecular complexity index is 391. The van der Waals surface area contributed by atoms with Crippen molar-refractivity contribution in [3.63, 3.8) is 0 Å². The van der Waals surface area contributed by atoms with E-state index in [1.165, 1.54) is 5.56 Å². The van der Waals surface area contributed by atoms with Gasteiger partial charge < -0.3 is 20.9 Å². The fourth-order valence-electron chi connectivity index (χ4n) is 2.31. The number of fused-ring (bicyclic) bond motifs is 1. The van der Waals surface area contributed by atoms with Crippen LogP contribution >= 0.6 is 0 Å². The van der Waals surface area contributed by atoms with Crippen molar-refractivity contribution in [3.8, 4) is 11.5 Å². The van der Waals surface area contributed by atoms with E-state index in [4.69, 9.17) is 20.9 Å². The Morgan fingerprint density at radius 1 is 1.11 bits per heavy atom. The van der Waals surface area contributed by atoms with E-state index >= 15 is 0 Å². The average molecular weight is 250 g/mol. The normalized spacial score (nSPS) is 15.8. The van der Waals surface area contributed by atoms with Crippen LogP contribution in [0, 0.1) is 11.8 Å². The summed E-state index contributed by atoms with van der Waals surface area (Å²) in [5, 5.41) is 0. The molecule has 2 rings (SSSR count). The molecule has 0 saturated heterocycles. The largest absolute Gasteiger partial charge is 0.486 e. The summed E-state index contributed by atoms with van der Waals surface area (Å²) in [6.45, 7) is 4.73. The summed E-state index contributed by atoms with van der Waals surface area (Å²) in [4.78, 5) is 0. The smallest absolute Gasteiger partial charge is 0.161 e. The third-order valence-corrected chi connectivity index (χ3v) is 3.57. The minimum atomic E-state index is 0.373. The zero-order valence-electron chi connectivity index (χ0n) is 10.9. The van der Waals surface area contributed by atoms with Crippen LogP contribution in [0.1, 0.15) is 12.5 Å². The van der Waals surface area contributed by atoms with E-state index in [1.807, 2.05) is 6.07 Å². The summed E-state index contributed by atoms with van der Waals surface area (Å²) in [5.74, 6) is 2.54. The molecule has 0 aromatic heterocycles. The molecule has 1 heterocycles. The Balaban J connectivity index is 2.05. The summed E-state index contributed by atoms with van der Waals surface area (Å²) in [6.07, 6.45) is 0.968. The average Bonchev–Trinajstić information content (AvgIpc) is 2.40. The quantitative estimate of drug-likeness (QED) is 0.823. The molecule has 1 aromatic rings. The first-order chi connectivity index (χ1) is 8.74. The second-order valence-electron chi connectivity index (χ2n) is 4.89. The molecule has 0 fully saturated rings. The SMILES string of the molecule is CC(Cc1ccc2c(c1)OCCO2)C(CN)CN. The van der Waals surface area contributed by atoms with Crippen LogP contribution in [0.15, 0.2) is 18.2 Å². The van der Waals surface area contributed by atoms with Crippen molar-refractivity contribution < 1.29 is 9.47 Å². The Kier molecular flexibility index (Phi) is 4.44. The number of hydrogen-bond acceptors (Lipinski definition) is 4. The lowest BCUT2D eigenvalue weighted by Crippen LogP contribution is -2.30. The van der Waals surface area contributed by atoms with Crippen molar-refractivity contribution in [1.82, 2.24) is 0 Å². The van der Waals surface area contributed by atoms with Gasteiger partial charge in [0.1, 0.15) is 13.2 Å². The zero-order valence-corrected chi connectivity index (χ0v) is 10.9. The number of rotatable bonds is 5. The van der Waals surface area contributed by atoms with Gasteiger partial charge in [0.15, 0.2) is 11.5 Å². The van der Waals surface area contributed by atoms with Crippen molar-refractivity contribution in [2.24, 2.45) is 23.3 Å². The molecule has 0 aliphatic carbocycles. The lowest BCUT2D eigenvalue weighted by Gasteiger charge is -2.22. The highest BCUT2D eigenvalue weighted by Crippen LogP contribution is 2.31. The van der Waals surface area contributed by atoms with Gasteiger partial charge in [-0.1, -0.05) is 13.0 Å². The van der Waals surface area contributed by atoms with E-state index in [1.54, 1.807) is 0 Å². The molecule has 100 valence electrons. The second-order valence-corrected chi connectivity index (χ2v) is 4.89. The highest BCUT2D eigenvalue weighted by molar-refractivity contribution is 5.43. The molecule has 0 saturated carbocycles. The maximum Gasteiger partial charge on any atom is 0.161 e.